The Morgan fingerprint density at radius 1 is 1.35 bits per heavy atom. The molecule has 0 aromatic carbocycles. The van der Waals surface area contributed by atoms with Gasteiger partial charge in [0.05, 0.1) is 6.04 Å². The van der Waals surface area contributed by atoms with Crippen molar-refractivity contribution in [2.75, 3.05) is 5.32 Å². The highest BCUT2D eigenvalue weighted by Crippen LogP contribution is 2.21. The zero-order valence-corrected chi connectivity index (χ0v) is 11.0. The van der Waals surface area contributed by atoms with Crippen molar-refractivity contribution in [1.82, 2.24) is 24.5 Å². The predicted molar refractivity (Wildman–Crippen MR) is 67.1 cm³/mol. The van der Waals surface area contributed by atoms with Crippen LogP contribution in [0.25, 0.3) is 0 Å². The Hall–Kier alpha value is -1.50. The molecule has 2 heterocycles. The van der Waals surface area contributed by atoms with Gasteiger partial charge in [0, 0.05) is 18.0 Å². The van der Waals surface area contributed by atoms with Gasteiger partial charge in [-0.3, -0.25) is 5.10 Å². The molecule has 2 aromatic heterocycles. The summed E-state index contributed by atoms with van der Waals surface area (Å²) >= 11 is 1.38. The topological polar surface area (TPSA) is 79.4 Å². The van der Waals surface area contributed by atoms with Gasteiger partial charge in [0.1, 0.15) is 11.6 Å². The smallest absolute Gasteiger partial charge is 0.203 e. The Balaban J connectivity index is 2.09. The Labute approximate surface area is 104 Å². The van der Waals surface area contributed by atoms with E-state index in [2.05, 4.69) is 36.8 Å². The summed E-state index contributed by atoms with van der Waals surface area (Å²) in [7, 11) is 0. The van der Waals surface area contributed by atoms with Crippen LogP contribution in [0.3, 0.4) is 0 Å². The minimum absolute atomic E-state index is 0.0811. The summed E-state index contributed by atoms with van der Waals surface area (Å²) in [4.78, 5) is 8.71. The third-order valence-corrected chi connectivity index (χ3v) is 3.10. The van der Waals surface area contributed by atoms with Gasteiger partial charge in [-0.25, -0.2) is 9.97 Å². The minimum Gasteiger partial charge on any atom is -0.350 e. The van der Waals surface area contributed by atoms with Crippen LogP contribution in [0.1, 0.15) is 43.8 Å². The van der Waals surface area contributed by atoms with Crippen molar-refractivity contribution in [2.45, 2.75) is 39.7 Å². The van der Waals surface area contributed by atoms with E-state index >= 15 is 0 Å². The number of hydrogen-bond donors (Lipinski definition) is 2. The maximum Gasteiger partial charge on any atom is 0.203 e. The lowest BCUT2D eigenvalue weighted by Crippen LogP contribution is -2.11. The van der Waals surface area contributed by atoms with Crippen molar-refractivity contribution in [3.05, 3.63) is 17.5 Å². The maximum absolute atomic E-state index is 4.38. The average Bonchev–Trinajstić information content (AvgIpc) is 2.94. The summed E-state index contributed by atoms with van der Waals surface area (Å²) < 4.78 is 4.24. The molecule has 0 saturated heterocycles. The maximum atomic E-state index is 4.38. The van der Waals surface area contributed by atoms with Gasteiger partial charge in [-0.1, -0.05) is 13.8 Å². The number of rotatable bonds is 5. The van der Waals surface area contributed by atoms with Gasteiger partial charge >= 0.3 is 0 Å². The highest BCUT2D eigenvalue weighted by molar-refractivity contribution is 7.09. The molecule has 0 fully saturated rings. The van der Waals surface area contributed by atoms with Crippen LogP contribution >= 0.6 is 11.5 Å². The van der Waals surface area contributed by atoms with Crippen LogP contribution in [0.15, 0.2) is 0 Å². The second kappa shape index (κ2) is 5.22. The summed E-state index contributed by atoms with van der Waals surface area (Å²) in [5, 5.41) is 11.2. The van der Waals surface area contributed by atoms with E-state index in [9.17, 15) is 0 Å². The van der Waals surface area contributed by atoms with Gasteiger partial charge in [0.2, 0.25) is 5.13 Å². The third-order valence-electron chi connectivity index (χ3n) is 2.42. The van der Waals surface area contributed by atoms with E-state index in [1.54, 1.807) is 0 Å². The van der Waals surface area contributed by atoms with Gasteiger partial charge < -0.3 is 5.32 Å². The molecule has 1 atom stereocenters. The summed E-state index contributed by atoms with van der Waals surface area (Å²) in [5.74, 6) is 2.48. The molecule has 0 amide bonds. The molecular formula is C10H16N6S. The Morgan fingerprint density at radius 3 is 2.71 bits per heavy atom. The van der Waals surface area contributed by atoms with Crippen molar-refractivity contribution in [3.63, 3.8) is 0 Å². The quantitative estimate of drug-likeness (QED) is 0.851. The fraction of sp³-hybridized carbons (Fsp3) is 0.600. The molecule has 0 spiro atoms. The molecular weight excluding hydrogens is 236 g/mol. The molecule has 7 heteroatoms. The molecule has 0 aliphatic rings. The van der Waals surface area contributed by atoms with Crippen LogP contribution in [0.2, 0.25) is 0 Å². The van der Waals surface area contributed by atoms with E-state index in [-0.39, 0.29) is 6.04 Å². The van der Waals surface area contributed by atoms with Crippen molar-refractivity contribution in [2.24, 2.45) is 0 Å². The lowest BCUT2D eigenvalue weighted by Gasteiger charge is -2.11. The lowest BCUT2D eigenvalue weighted by atomic mass is 10.2. The normalized spacial score (nSPS) is 12.6. The van der Waals surface area contributed by atoms with Crippen LogP contribution in [-0.4, -0.2) is 24.5 Å². The number of aromatic amines is 1. The molecule has 6 nitrogen and oxygen atoms in total. The molecule has 2 N–H and O–H groups in total. The molecule has 0 bridgehead atoms. The first-order valence-corrected chi connectivity index (χ1v) is 6.48. The number of nitrogens with one attached hydrogen (secondary N) is 2. The molecule has 1 unspecified atom stereocenters. The van der Waals surface area contributed by atoms with Crippen LogP contribution in [-0.2, 0) is 6.42 Å². The summed E-state index contributed by atoms with van der Waals surface area (Å²) in [6.07, 6.45) is 1.76. The molecule has 0 aliphatic carbocycles. The summed E-state index contributed by atoms with van der Waals surface area (Å²) in [6.45, 7) is 6.02. The highest BCUT2D eigenvalue weighted by Gasteiger charge is 2.15. The Bertz CT molecular complexity index is 477. The van der Waals surface area contributed by atoms with Gasteiger partial charge in [0.25, 0.3) is 0 Å². The van der Waals surface area contributed by atoms with Gasteiger partial charge in [0.15, 0.2) is 5.82 Å². The Kier molecular flexibility index (Phi) is 3.68. The lowest BCUT2D eigenvalue weighted by molar-refractivity contribution is 0.695. The fourth-order valence-corrected chi connectivity index (χ4v) is 2.17. The second-order valence-corrected chi connectivity index (χ2v) is 4.51. The van der Waals surface area contributed by atoms with Gasteiger partial charge in [-0.05, 0) is 13.3 Å². The number of nitrogens with zero attached hydrogens (tertiary/aromatic N) is 4. The first-order chi connectivity index (χ1) is 8.22. The number of aromatic nitrogens is 5. The first-order valence-electron chi connectivity index (χ1n) is 5.71. The number of anilines is 1. The number of aryl methyl sites for hydroxylation is 2. The van der Waals surface area contributed by atoms with Crippen molar-refractivity contribution >= 4 is 16.7 Å². The van der Waals surface area contributed by atoms with Crippen molar-refractivity contribution in [3.8, 4) is 0 Å². The largest absolute Gasteiger partial charge is 0.350 e. The van der Waals surface area contributed by atoms with Gasteiger partial charge in [-0.2, -0.15) is 9.47 Å². The number of hydrogen-bond acceptors (Lipinski definition) is 6. The molecule has 92 valence electrons. The molecule has 0 saturated carbocycles. The fourth-order valence-electron chi connectivity index (χ4n) is 1.47. The van der Waals surface area contributed by atoms with E-state index in [0.29, 0.717) is 0 Å². The summed E-state index contributed by atoms with van der Waals surface area (Å²) in [6, 6.07) is 0.0811. The monoisotopic (exact) mass is 252 g/mol. The Morgan fingerprint density at radius 2 is 2.18 bits per heavy atom. The van der Waals surface area contributed by atoms with Crippen LogP contribution in [0, 0.1) is 6.92 Å². The molecule has 2 aromatic rings. The van der Waals surface area contributed by atoms with Gasteiger partial charge in [-0.15, -0.1) is 0 Å². The van der Waals surface area contributed by atoms with Crippen LogP contribution < -0.4 is 5.32 Å². The minimum atomic E-state index is 0.0811. The van der Waals surface area contributed by atoms with E-state index in [1.165, 1.54) is 11.5 Å². The van der Waals surface area contributed by atoms with Crippen molar-refractivity contribution < 1.29 is 0 Å². The van der Waals surface area contributed by atoms with E-state index in [0.717, 1.165) is 35.4 Å². The van der Waals surface area contributed by atoms with E-state index in [4.69, 9.17) is 0 Å². The van der Waals surface area contributed by atoms with Crippen molar-refractivity contribution in [1.29, 1.82) is 0 Å². The highest BCUT2D eigenvalue weighted by atomic mass is 32.1. The standard InChI is InChI=1S/C10H16N6S/c1-4-7(9-11-6(3)14-15-9)12-10-13-8(5-2)16-17-10/h7H,4-5H2,1-3H3,(H,11,14,15)(H,12,13,16). The second-order valence-electron chi connectivity index (χ2n) is 3.75. The molecule has 2 rings (SSSR count). The zero-order valence-electron chi connectivity index (χ0n) is 10.2. The molecule has 0 radical (unpaired) electrons. The number of H-pyrrole nitrogens is 1. The summed E-state index contributed by atoms with van der Waals surface area (Å²) in [5.41, 5.74) is 0. The zero-order chi connectivity index (χ0) is 12.3. The SMILES string of the molecule is CCc1nsc(NC(CC)c2n[nH]c(C)n2)n1. The average molecular weight is 252 g/mol. The predicted octanol–water partition coefficient (Wildman–Crippen LogP) is 2.09. The third kappa shape index (κ3) is 2.79. The molecule has 17 heavy (non-hydrogen) atoms. The van der Waals surface area contributed by atoms with Crippen LogP contribution in [0.4, 0.5) is 5.13 Å². The van der Waals surface area contributed by atoms with Crippen LogP contribution in [0.5, 0.6) is 0 Å². The van der Waals surface area contributed by atoms with E-state index < -0.39 is 0 Å². The molecule has 0 aliphatic heterocycles. The van der Waals surface area contributed by atoms with E-state index in [1.807, 2.05) is 13.8 Å². The first kappa shape index (κ1) is 12.0.